The van der Waals surface area contributed by atoms with Crippen molar-refractivity contribution in [2.24, 2.45) is 0 Å². The van der Waals surface area contributed by atoms with Gasteiger partial charge in [0.05, 0.1) is 10.2 Å². The summed E-state index contributed by atoms with van der Waals surface area (Å²) in [5.41, 5.74) is 7.26. The van der Waals surface area contributed by atoms with Crippen LogP contribution in [0.2, 0.25) is 0 Å². The Morgan fingerprint density at radius 1 is 0.360 bits per heavy atom. The topological polar surface area (TPSA) is 51.6 Å². The van der Waals surface area contributed by atoms with E-state index < -0.39 is 0 Å². The normalized spacial score (nSPS) is 11.6. The van der Waals surface area contributed by atoms with Crippen molar-refractivity contribution in [2.75, 3.05) is 0 Å². The number of benzene rings is 7. The van der Waals surface area contributed by atoms with Crippen LogP contribution in [0.5, 0.6) is 0 Å². The minimum absolute atomic E-state index is 0.645. The minimum atomic E-state index is 0.645. The lowest BCUT2D eigenvalue weighted by molar-refractivity contribution is 1.08. The number of thiophene rings is 1. The summed E-state index contributed by atoms with van der Waals surface area (Å²) in [4.78, 5) is 20.7. The summed E-state index contributed by atoms with van der Waals surface area (Å²) in [5, 5.41) is 5.70. The molecule has 0 saturated carbocycles. The molecule has 6 heteroatoms. The molecule has 10 aromatic rings. The van der Waals surface area contributed by atoms with E-state index in [2.05, 4.69) is 146 Å². The molecule has 234 valence electrons. The second kappa shape index (κ2) is 11.8. The minimum Gasteiger partial charge on any atom is -0.236 e. The summed E-state index contributed by atoms with van der Waals surface area (Å²) in [6.07, 6.45) is 0. The standard InChI is InChI=1S/C44H26N4S2/c1-3-13-28(14-4-1)32-18-9-10-19-33(32)42-46-41(31-23-22-27-12-7-8-17-30(27)24-31)47-43(48-42)34-20-11-21-37-40(34)35-25-39-36(26-38(35)49-37)45-44(50-39)29-15-5-2-6-16-29/h1-26H. The van der Waals surface area contributed by atoms with Gasteiger partial charge in [-0.1, -0.05) is 133 Å². The zero-order valence-electron chi connectivity index (χ0n) is 26.6. The van der Waals surface area contributed by atoms with E-state index in [1.54, 1.807) is 22.7 Å². The molecule has 0 amide bonds. The van der Waals surface area contributed by atoms with Crippen LogP contribution in [0.25, 0.3) is 97.0 Å². The molecule has 0 spiro atoms. The van der Waals surface area contributed by atoms with Gasteiger partial charge < -0.3 is 0 Å². The van der Waals surface area contributed by atoms with E-state index in [0.717, 1.165) is 59.4 Å². The molecule has 0 fully saturated rings. The van der Waals surface area contributed by atoms with Gasteiger partial charge in [0.2, 0.25) is 0 Å². The molecule has 10 rings (SSSR count). The number of rotatable bonds is 5. The van der Waals surface area contributed by atoms with Crippen LogP contribution in [0.3, 0.4) is 0 Å². The first-order valence-corrected chi connectivity index (χ1v) is 18.1. The number of thiazole rings is 1. The summed E-state index contributed by atoms with van der Waals surface area (Å²) < 4.78 is 3.55. The fourth-order valence-corrected chi connectivity index (χ4v) is 8.90. The molecule has 50 heavy (non-hydrogen) atoms. The summed E-state index contributed by atoms with van der Waals surface area (Å²) in [6, 6.07) is 55.0. The highest BCUT2D eigenvalue weighted by atomic mass is 32.1. The monoisotopic (exact) mass is 674 g/mol. The Balaban J connectivity index is 1.21. The van der Waals surface area contributed by atoms with Crippen molar-refractivity contribution in [3.05, 3.63) is 158 Å². The number of hydrogen-bond donors (Lipinski definition) is 0. The molecule has 0 saturated heterocycles. The molecule has 0 bridgehead atoms. The van der Waals surface area contributed by atoms with E-state index >= 15 is 0 Å². The number of nitrogens with zero attached hydrogens (tertiary/aromatic N) is 4. The fraction of sp³-hybridized carbons (Fsp3) is 0. The molecule has 7 aromatic carbocycles. The number of fused-ring (bicyclic) bond motifs is 5. The first-order valence-electron chi connectivity index (χ1n) is 16.5. The van der Waals surface area contributed by atoms with E-state index in [9.17, 15) is 0 Å². The van der Waals surface area contributed by atoms with E-state index in [0.29, 0.717) is 17.5 Å². The Morgan fingerprint density at radius 2 is 1.02 bits per heavy atom. The Kier molecular flexibility index (Phi) is 6.82. The number of hydrogen-bond acceptors (Lipinski definition) is 6. The van der Waals surface area contributed by atoms with Crippen LogP contribution in [0.15, 0.2) is 158 Å². The smallest absolute Gasteiger partial charge is 0.164 e. The maximum Gasteiger partial charge on any atom is 0.164 e. The van der Waals surface area contributed by atoms with Gasteiger partial charge >= 0.3 is 0 Å². The van der Waals surface area contributed by atoms with Crippen LogP contribution in [-0.4, -0.2) is 19.9 Å². The lowest BCUT2D eigenvalue weighted by Crippen LogP contribution is -2.01. The van der Waals surface area contributed by atoms with Crippen molar-refractivity contribution in [1.29, 1.82) is 0 Å². The van der Waals surface area contributed by atoms with Crippen LogP contribution in [-0.2, 0) is 0 Å². The molecule has 3 heterocycles. The quantitative estimate of drug-likeness (QED) is 0.182. The Labute approximate surface area is 296 Å². The third kappa shape index (κ3) is 4.96. The molecular formula is C44H26N4S2. The van der Waals surface area contributed by atoms with Gasteiger partial charge in [-0.15, -0.1) is 22.7 Å². The summed E-state index contributed by atoms with van der Waals surface area (Å²) in [6.45, 7) is 0. The first-order chi connectivity index (χ1) is 24.7. The van der Waals surface area contributed by atoms with E-state index in [1.807, 2.05) is 12.1 Å². The molecule has 0 radical (unpaired) electrons. The Morgan fingerprint density at radius 3 is 1.84 bits per heavy atom. The SMILES string of the molecule is c1ccc(-c2nc3cc4sc5cccc(-c6nc(-c7ccc8ccccc8c7)nc(-c7ccccc7-c7ccccc7)n6)c5c4cc3s2)cc1. The summed E-state index contributed by atoms with van der Waals surface area (Å²) in [7, 11) is 0. The van der Waals surface area contributed by atoms with Crippen molar-refractivity contribution in [3.63, 3.8) is 0 Å². The second-order valence-corrected chi connectivity index (χ2v) is 14.4. The zero-order chi connectivity index (χ0) is 33.0. The van der Waals surface area contributed by atoms with Gasteiger partial charge in [0.1, 0.15) is 5.01 Å². The highest BCUT2D eigenvalue weighted by Crippen LogP contribution is 2.43. The van der Waals surface area contributed by atoms with Gasteiger partial charge in [0, 0.05) is 42.4 Å². The molecule has 4 nitrogen and oxygen atoms in total. The van der Waals surface area contributed by atoms with E-state index in [1.165, 1.54) is 20.2 Å². The molecule has 0 aliphatic rings. The van der Waals surface area contributed by atoms with Crippen LogP contribution < -0.4 is 0 Å². The predicted molar refractivity (Wildman–Crippen MR) is 211 cm³/mol. The highest BCUT2D eigenvalue weighted by Gasteiger charge is 2.20. The molecular weight excluding hydrogens is 649 g/mol. The van der Waals surface area contributed by atoms with Crippen LogP contribution in [0.4, 0.5) is 0 Å². The van der Waals surface area contributed by atoms with Gasteiger partial charge in [-0.2, -0.15) is 0 Å². The van der Waals surface area contributed by atoms with Gasteiger partial charge in [-0.3, -0.25) is 0 Å². The van der Waals surface area contributed by atoms with Crippen LogP contribution >= 0.6 is 22.7 Å². The molecule has 0 N–H and O–H groups in total. The Bertz CT molecular complexity index is 2880. The van der Waals surface area contributed by atoms with E-state index in [-0.39, 0.29) is 0 Å². The van der Waals surface area contributed by atoms with Crippen molar-refractivity contribution in [3.8, 4) is 55.9 Å². The molecule has 0 unspecified atom stereocenters. The lowest BCUT2D eigenvalue weighted by Gasteiger charge is -2.13. The zero-order valence-corrected chi connectivity index (χ0v) is 28.2. The number of aromatic nitrogens is 4. The average Bonchev–Trinajstić information content (AvgIpc) is 3.78. The van der Waals surface area contributed by atoms with Crippen LogP contribution in [0, 0.1) is 0 Å². The third-order valence-electron chi connectivity index (χ3n) is 9.16. The largest absolute Gasteiger partial charge is 0.236 e. The highest BCUT2D eigenvalue weighted by molar-refractivity contribution is 7.26. The maximum absolute atomic E-state index is 5.26. The van der Waals surface area contributed by atoms with E-state index in [4.69, 9.17) is 19.9 Å². The maximum atomic E-state index is 5.26. The van der Waals surface area contributed by atoms with Gasteiger partial charge in [0.15, 0.2) is 17.5 Å². The van der Waals surface area contributed by atoms with Gasteiger partial charge in [-0.05, 0) is 46.2 Å². The lowest BCUT2D eigenvalue weighted by atomic mass is 9.99. The molecule has 0 aliphatic carbocycles. The average molecular weight is 675 g/mol. The summed E-state index contributed by atoms with van der Waals surface area (Å²) >= 11 is 3.52. The molecule has 0 atom stereocenters. The van der Waals surface area contributed by atoms with Gasteiger partial charge in [0.25, 0.3) is 0 Å². The van der Waals surface area contributed by atoms with Crippen molar-refractivity contribution in [1.82, 2.24) is 19.9 Å². The van der Waals surface area contributed by atoms with Crippen LogP contribution in [0.1, 0.15) is 0 Å². The van der Waals surface area contributed by atoms with Gasteiger partial charge in [-0.25, -0.2) is 19.9 Å². The van der Waals surface area contributed by atoms with Crippen molar-refractivity contribution >= 4 is 63.8 Å². The fourth-order valence-electron chi connectivity index (χ4n) is 6.76. The predicted octanol–water partition coefficient (Wildman–Crippen LogP) is 12.3. The first kappa shape index (κ1) is 28.9. The second-order valence-electron chi connectivity index (χ2n) is 12.3. The third-order valence-corrected chi connectivity index (χ3v) is 11.3. The molecule has 0 aliphatic heterocycles. The van der Waals surface area contributed by atoms with Crippen molar-refractivity contribution in [2.45, 2.75) is 0 Å². The van der Waals surface area contributed by atoms with Crippen molar-refractivity contribution < 1.29 is 0 Å². The molecule has 3 aromatic heterocycles. The Hall–Kier alpha value is -6.08. The summed E-state index contributed by atoms with van der Waals surface area (Å²) in [5.74, 6) is 1.94.